The second kappa shape index (κ2) is 6.71. The molecule has 1 fully saturated rings. The van der Waals surface area contributed by atoms with Gasteiger partial charge in [0.25, 0.3) is 0 Å². The first kappa shape index (κ1) is 14.9. The summed E-state index contributed by atoms with van der Waals surface area (Å²) >= 11 is 0. The van der Waals surface area contributed by atoms with E-state index in [1.54, 1.807) is 0 Å². The molecule has 4 nitrogen and oxygen atoms in total. The zero-order valence-corrected chi connectivity index (χ0v) is 12.1. The summed E-state index contributed by atoms with van der Waals surface area (Å²) in [6.07, 6.45) is 3.32. The second-order valence-corrected chi connectivity index (χ2v) is 7.40. The minimum absolute atomic E-state index is 0.144. The SMILES string of the molecule is CCCC(C)N(C)CCC1CS(=O)(=O)CCN1. The molecule has 1 rings (SSSR count). The first-order valence-electron chi connectivity index (χ1n) is 6.58. The topological polar surface area (TPSA) is 49.4 Å². The Balaban J connectivity index is 2.30. The van der Waals surface area contributed by atoms with E-state index in [9.17, 15) is 8.42 Å². The maximum atomic E-state index is 11.5. The monoisotopic (exact) mass is 262 g/mol. The predicted molar refractivity (Wildman–Crippen MR) is 72.1 cm³/mol. The Labute approximate surface area is 106 Å². The van der Waals surface area contributed by atoms with E-state index in [1.807, 2.05) is 0 Å². The Morgan fingerprint density at radius 2 is 2.18 bits per heavy atom. The van der Waals surface area contributed by atoms with Crippen LogP contribution in [0.2, 0.25) is 0 Å². The highest BCUT2D eigenvalue weighted by Gasteiger charge is 2.24. The first-order valence-corrected chi connectivity index (χ1v) is 8.41. The first-order chi connectivity index (χ1) is 7.94. The molecule has 17 heavy (non-hydrogen) atoms. The van der Waals surface area contributed by atoms with Gasteiger partial charge in [0.1, 0.15) is 0 Å². The van der Waals surface area contributed by atoms with Crippen molar-refractivity contribution in [3.05, 3.63) is 0 Å². The Hall–Kier alpha value is -0.130. The number of nitrogens with one attached hydrogen (secondary N) is 1. The van der Waals surface area contributed by atoms with Gasteiger partial charge in [-0.2, -0.15) is 0 Å². The van der Waals surface area contributed by atoms with Crippen LogP contribution in [-0.4, -0.2) is 57.0 Å². The highest BCUT2D eigenvalue weighted by molar-refractivity contribution is 7.91. The Bertz CT molecular complexity index is 316. The summed E-state index contributed by atoms with van der Waals surface area (Å²) in [6, 6.07) is 0.727. The van der Waals surface area contributed by atoms with Gasteiger partial charge in [0, 0.05) is 18.6 Å². The van der Waals surface area contributed by atoms with Gasteiger partial charge in [-0.05, 0) is 33.4 Å². The van der Waals surface area contributed by atoms with Crippen LogP contribution in [0.5, 0.6) is 0 Å². The van der Waals surface area contributed by atoms with Crippen LogP contribution in [0.25, 0.3) is 0 Å². The van der Waals surface area contributed by atoms with Crippen molar-refractivity contribution in [2.75, 3.05) is 31.6 Å². The van der Waals surface area contributed by atoms with Gasteiger partial charge in [-0.15, -0.1) is 0 Å². The lowest BCUT2D eigenvalue weighted by atomic mass is 10.1. The fraction of sp³-hybridized carbons (Fsp3) is 1.00. The van der Waals surface area contributed by atoms with Crippen molar-refractivity contribution in [1.29, 1.82) is 0 Å². The van der Waals surface area contributed by atoms with Gasteiger partial charge < -0.3 is 10.2 Å². The molecule has 0 aromatic rings. The average molecular weight is 262 g/mol. The summed E-state index contributed by atoms with van der Waals surface area (Å²) in [7, 11) is -0.669. The standard InChI is InChI=1S/C12H26N2O2S/c1-4-5-11(2)14(3)8-6-12-10-17(15,16)9-7-13-12/h11-13H,4-10H2,1-3H3. The molecule has 2 atom stereocenters. The molecule has 0 aliphatic carbocycles. The molecule has 5 heteroatoms. The molecule has 0 aromatic carbocycles. The third-order valence-electron chi connectivity index (χ3n) is 3.59. The molecule has 0 amide bonds. The van der Waals surface area contributed by atoms with Crippen molar-refractivity contribution in [1.82, 2.24) is 10.2 Å². The molecular formula is C12H26N2O2S. The number of sulfone groups is 1. The molecule has 0 bridgehead atoms. The number of hydrogen-bond acceptors (Lipinski definition) is 4. The zero-order chi connectivity index (χ0) is 12.9. The van der Waals surface area contributed by atoms with Crippen LogP contribution in [0.4, 0.5) is 0 Å². The number of hydrogen-bond donors (Lipinski definition) is 1. The maximum absolute atomic E-state index is 11.5. The largest absolute Gasteiger partial charge is 0.312 e. The fourth-order valence-electron chi connectivity index (χ4n) is 2.27. The van der Waals surface area contributed by atoms with Crippen molar-refractivity contribution in [3.63, 3.8) is 0 Å². The van der Waals surface area contributed by atoms with Crippen LogP contribution >= 0.6 is 0 Å². The molecule has 102 valence electrons. The minimum Gasteiger partial charge on any atom is -0.312 e. The maximum Gasteiger partial charge on any atom is 0.153 e. The van der Waals surface area contributed by atoms with Crippen molar-refractivity contribution in [2.45, 2.75) is 45.2 Å². The molecular weight excluding hydrogens is 236 g/mol. The van der Waals surface area contributed by atoms with Crippen molar-refractivity contribution >= 4 is 9.84 Å². The van der Waals surface area contributed by atoms with Crippen molar-refractivity contribution in [2.24, 2.45) is 0 Å². The molecule has 0 saturated carbocycles. The van der Waals surface area contributed by atoms with Gasteiger partial charge in [-0.3, -0.25) is 0 Å². The van der Waals surface area contributed by atoms with Crippen molar-refractivity contribution in [3.8, 4) is 0 Å². The zero-order valence-electron chi connectivity index (χ0n) is 11.3. The van der Waals surface area contributed by atoms with E-state index in [0.29, 0.717) is 24.1 Å². The van der Waals surface area contributed by atoms with Gasteiger partial charge in [0.2, 0.25) is 0 Å². The van der Waals surface area contributed by atoms with Crippen LogP contribution in [0.15, 0.2) is 0 Å². The minimum atomic E-state index is -2.79. The lowest BCUT2D eigenvalue weighted by Crippen LogP contribution is -2.46. The van der Waals surface area contributed by atoms with E-state index in [2.05, 4.69) is 31.1 Å². The highest BCUT2D eigenvalue weighted by atomic mass is 32.2. The molecule has 0 radical (unpaired) electrons. The third-order valence-corrected chi connectivity index (χ3v) is 5.33. The normalized spacial score (nSPS) is 26.0. The second-order valence-electron chi connectivity index (χ2n) is 5.17. The van der Waals surface area contributed by atoms with Crippen LogP contribution in [-0.2, 0) is 9.84 Å². The fourth-order valence-corrected chi connectivity index (χ4v) is 3.76. The molecule has 1 heterocycles. The van der Waals surface area contributed by atoms with E-state index in [-0.39, 0.29) is 6.04 Å². The van der Waals surface area contributed by atoms with Gasteiger partial charge in [0.15, 0.2) is 9.84 Å². The third kappa shape index (κ3) is 5.36. The van der Waals surface area contributed by atoms with Crippen LogP contribution in [0.1, 0.15) is 33.1 Å². The van der Waals surface area contributed by atoms with Gasteiger partial charge in [0.05, 0.1) is 11.5 Å². The van der Waals surface area contributed by atoms with E-state index < -0.39 is 9.84 Å². The van der Waals surface area contributed by atoms with Crippen LogP contribution < -0.4 is 5.32 Å². The Morgan fingerprint density at radius 1 is 1.47 bits per heavy atom. The molecule has 1 aliphatic rings. The Morgan fingerprint density at radius 3 is 2.76 bits per heavy atom. The molecule has 0 aromatic heterocycles. The van der Waals surface area contributed by atoms with E-state index in [1.165, 1.54) is 12.8 Å². The predicted octanol–water partition coefficient (Wildman–Crippen LogP) is 0.884. The summed E-state index contributed by atoms with van der Waals surface area (Å²) in [5, 5.41) is 3.30. The quantitative estimate of drug-likeness (QED) is 0.772. The summed E-state index contributed by atoms with van der Waals surface area (Å²) in [5.74, 6) is 0.606. The summed E-state index contributed by atoms with van der Waals surface area (Å²) in [6.45, 7) is 6.00. The smallest absolute Gasteiger partial charge is 0.153 e. The van der Waals surface area contributed by atoms with Crippen LogP contribution in [0.3, 0.4) is 0 Å². The highest BCUT2D eigenvalue weighted by Crippen LogP contribution is 2.09. The van der Waals surface area contributed by atoms with Gasteiger partial charge in [-0.25, -0.2) is 8.42 Å². The van der Waals surface area contributed by atoms with E-state index in [4.69, 9.17) is 0 Å². The summed E-state index contributed by atoms with van der Waals surface area (Å²) in [4.78, 5) is 2.33. The molecule has 2 unspecified atom stereocenters. The Kier molecular flexibility index (Phi) is 5.89. The summed E-state index contributed by atoms with van der Waals surface area (Å²) in [5.41, 5.74) is 0. The average Bonchev–Trinajstić information content (AvgIpc) is 2.25. The molecule has 1 N–H and O–H groups in total. The lowest BCUT2D eigenvalue weighted by molar-refractivity contribution is 0.233. The molecule has 1 saturated heterocycles. The van der Waals surface area contributed by atoms with Gasteiger partial charge >= 0.3 is 0 Å². The van der Waals surface area contributed by atoms with Crippen molar-refractivity contribution < 1.29 is 8.42 Å². The molecule has 1 aliphatic heterocycles. The van der Waals surface area contributed by atoms with E-state index in [0.717, 1.165) is 13.0 Å². The summed E-state index contributed by atoms with van der Waals surface area (Å²) < 4.78 is 23.0. The number of nitrogens with zero attached hydrogens (tertiary/aromatic N) is 1. The van der Waals surface area contributed by atoms with E-state index >= 15 is 0 Å². The van der Waals surface area contributed by atoms with Crippen LogP contribution in [0, 0.1) is 0 Å². The number of rotatable bonds is 6. The van der Waals surface area contributed by atoms with Gasteiger partial charge in [-0.1, -0.05) is 13.3 Å². The lowest BCUT2D eigenvalue weighted by Gasteiger charge is -2.28. The molecule has 0 spiro atoms.